The lowest BCUT2D eigenvalue weighted by Crippen LogP contribution is -2.45. The summed E-state index contributed by atoms with van der Waals surface area (Å²) in [6.45, 7) is 0.228. The van der Waals surface area contributed by atoms with Gasteiger partial charge in [0.2, 0.25) is 20.0 Å². The Morgan fingerprint density at radius 1 is 0.767 bits per heavy atom. The van der Waals surface area contributed by atoms with Crippen molar-refractivity contribution in [3.8, 4) is 0 Å². The molecule has 3 aromatic carbocycles. The number of nitrogens with zero attached hydrogens (tertiary/aromatic N) is 1. The number of hydrogen-bond donors (Lipinski definition) is 1. The first-order chi connectivity index (χ1) is 14.4. The number of nitrogens with one attached hydrogen (secondary N) is 1. The lowest BCUT2D eigenvalue weighted by atomic mass is 9.94. The van der Waals surface area contributed by atoms with Gasteiger partial charge in [0.05, 0.1) is 15.8 Å². The normalized spacial score (nSPS) is 17.4. The largest absolute Gasteiger partial charge is 0.243 e. The highest BCUT2D eigenvalue weighted by Crippen LogP contribution is 2.34. The summed E-state index contributed by atoms with van der Waals surface area (Å²) in [5, 5.41) is 0. The fraction of sp³-hybridized carbons (Fsp3) is 0.182. The molecule has 1 aliphatic heterocycles. The second-order valence-electron chi connectivity index (χ2n) is 7.06. The number of rotatable bonds is 6. The summed E-state index contributed by atoms with van der Waals surface area (Å²) in [5.74, 6) is 0. The first-order valence-corrected chi connectivity index (χ1v) is 12.5. The third-order valence-electron chi connectivity index (χ3n) is 5.23. The predicted molar refractivity (Wildman–Crippen MR) is 115 cm³/mol. The van der Waals surface area contributed by atoms with Gasteiger partial charge < -0.3 is 0 Å². The van der Waals surface area contributed by atoms with Gasteiger partial charge in [-0.3, -0.25) is 0 Å². The van der Waals surface area contributed by atoms with Gasteiger partial charge in [0, 0.05) is 13.1 Å². The van der Waals surface area contributed by atoms with Gasteiger partial charge in [-0.1, -0.05) is 60.7 Å². The molecule has 3 aromatic rings. The van der Waals surface area contributed by atoms with Crippen LogP contribution in [-0.4, -0.2) is 34.2 Å². The van der Waals surface area contributed by atoms with E-state index >= 15 is 0 Å². The van der Waals surface area contributed by atoms with E-state index in [-0.39, 0.29) is 22.9 Å². The maximum Gasteiger partial charge on any atom is 0.243 e. The molecule has 1 unspecified atom stereocenters. The highest BCUT2D eigenvalue weighted by molar-refractivity contribution is 7.89. The molecule has 0 fully saturated rings. The molecule has 1 atom stereocenters. The van der Waals surface area contributed by atoms with Gasteiger partial charge >= 0.3 is 0 Å². The molecule has 0 radical (unpaired) electrons. The smallest absolute Gasteiger partial charge is 0.209 e. The maximum absolute atomic E-state index is 13.4. The van der Waals surface area contributed by atoms with Crippen LogP contribution in [-0.2, 0) is 26.5 Å². The Morgan fingerprint density at radius 2 is 1.33 bits per heavy atom. The minimum absolute atomic E-state index is 0.0553. The Balaban J connectivity index is 1.69. The van der Waals surface area contributed by atoms with Gasteiger partial charge in [-0.05, 0) is 41.8 Å². The average Bonchev–Trinajstić information content (AvgIpc) is 2.78. The zero-order valence-electron chi connectivity index (χ0n) is 16.2. The highest BCUT2D eigenvalue weighted by Gasteiger charge is 2.36. The van der Waals surface area contributed by atoms with Crippen LogP contribution in [0.25, 0.3) is 0 Å². The summed E-state index contributed by atoms with van der Waals surface area (Å²) in [4.78, 5) is 0.340. The van der Waals surface area contributed by atoms with Crippen LogP contribution in [0, 0.1) is 0 Å². The molecule has 0 spiro atoms. The molecule has 156 valence electrons. The summed E-state index contributed by atoms with van der Waals surface area (Å²) in [6, 6.07) is 23.2. The number of sulfonamides is 2. The fourth-order valence-corrected chi connectivity index (χ4v) is 6.41. The van der Waals surface area contributed by atoms with Crippen molar-refractivity contribution in [1.82, 2.24) is 9.03 Å². The van der Waals surface area contributed by atoms with Crippen LogP contribution >= 0.6 is 0 Å². The molecule has 1 N–H and O–H groups in total. The molecule has 0 bridgehead atoms. The van der Waals surface area contributed by atoms with Gasteiger partial charge in [-0.2, -0.15) is 4.31 Å². The van der Waals surface area contributed by atoms with Gasteiger partial charge in [0.1, 0.15) is 0 Å². The molecular formula is C22H22N2O4S2. The summed E-state index contributed by atoms with van der Waals surface area (Å²) in [7, 11) is -7.55. The second kappa shape index (κ2) is 8.31. The van der Waals surface area contributed by atoms with Crippen molar-refractivity contribution < 1.29 is 16.8 Å². The molecule has 0 saturated heterocycles. The molecular weight excluding hydrogens is 420 g/mol. The Bertz CT molecular complexity index is 1230. The van der Waals surface area contributed by atoms with Crippen LogP contribution in [0.1, 0.15) is 17.2 Å². The third-order valence-corrected chi connectivity index (χ3v) is 8.60. The molecule has 1 heterocycles. The first-order valence-electron chi connectivity index (χ1n) is 9.59. The fourth-order valence-electron chi connectivity index (χ4n) is 3.73. The summed E-state index contributed by atoms with van der Waals surface area (Å²) >= 11 is 0. The number of hydrogen-bond acceptors (Lipinski definition) is 4. The molecule has 4 rings (SSSR count). The Hall–Kier alpha value is -2.52. The highest BCUT2D eigenvalue weighted by atomic mass is 32.2. The van der Waals surface area contributed by atoms with Crippen molar-refractivity contribution in [1.29, 1.82) is 0 Å². The maximum atomic E-state index is 13.4. The molecule has 0 saturated carbocycles. The summed E-state index contributed by atoms with van der Waals surface area (Å²) in [5.41, 5.74) is 1.85. The van der Waals surface area contributed by atoms with Crippen molar-refractivity contribution in [2.24, 2.45) is 0 Å². The molecule has 8 heteroatoms. The Morgan fingerprint density at radius 3 is 2.00 bits per heavy atom. The zero-order valence-corrected chi connectivity index (χ0v) is 17.8. The van der Waals surface area contributed by atoms with E-state index in [0.717, 1.165) is 11.1 Å². The topological polar surface area (TPSA) is 83.6 Å². The van der Waals surface area contributed by atoms with E-state index in [0.29, 0.717) is 6.42 Å². The van der Waals surface area contributed by atoms with Gasteiger partial charge in [0.25, 0.3) is 0 Å². The van der Waals surface area contributed by atoms with Crippen LogP contribution in [0.3, 0.4) is 0 Å². The van der Waals surface area contributed by atoms with E-state index in [1.54, 1.807) is 48.5 Å². The lowest BCUT2D eigenvalue weighted by Gasteiger charge is -2.36. The minimum atomic E-state index is -3.79. The monoisotopic (exact) mass is 442 g/mol. The Kier molecular flexibility index (Phi) is 5.75. The van der Waals surface area contributed by atoms with E-state index in [4.69, 9.17) is 0 Å². The lowest BCUT2D eigenvalue weighted by molar-refractivity contribution is 0.307. The van der Waals surface area contributed by atoms with E-state index in [2.05, 4.69) is 4.72 Å². The first kappa shape index (κ1) is 20.7. The van der Waals surface area contributed by atoms with Crippen molar-refractivity contribution in [3.05, 3.63) is 96.1 Å². The van der Waals surface area contributed by atoms with E-state index in [1.165, 1.54) is 16.4 Å². The summed E-state index contributed by atoms with van der Waals surface area (Å²) in [6.07, 6.45) is 0.574. The van der Waals surface area contributed by atoms with Gasteiger partial charge in [-0.25, -0.2) is 21.6 Å². The Labute approximate surface area is 177 Å². The SMILES string of the molecule is O=S(=O)(NCC1c2ccccc2CCN1S(=O)(=O)c1ccccc1)c1ccccc1. The minimum Gasteiger partial charge on any atom is -0.209 e. The quantitative estimate of drug-likeness (QED) is 0.636. The van der Waals surface area contributed by atoms with E-state index in [1.807, 2.05) is 24.3 Å². The zero-order chi connectivity index (χ0) is 21.2. The van der Waals surface area contributed by atoms with E-state index < -0.39 is 26.1 Å². The number of benzene rings is 3. The molecule has 0 aromatic heterocycles. The van der Waals surface area contributed by atoms with Crippen molar-refractivity contribution in [2.75, 3.05) is 13.1 Å². The molecule has 6 nitrogen and oxygen atoms in total. The van der Waals surface area contributed by atoms with Gasteiger partial charge in [0.15, 0.2) is 0 Å². The standard InChI is InChI=1S/C22H22N2O4S2/c25-29(26,19-10-3-1-4-11-19)23-17-22-21-14-8-7-9-18(21)15-16-24(22)30(27,28)20-12-5-2-6-13-20/h1-14,22-23H,15-17H2. The third kappa shape index (κ3) is 4.04. The van der Waals surface area contributed by atoms with Gasteiger partial charge in [-0.15, -0.1) is 0 Å². The van der Waals surface area contributed by atoms with E-state index in [9.17, 15) is 16.8 Å². The van der Waals surface area contributed by atoms with Crippen molar-refractivity contribution in [2.45, 2.75) is 22.3 Å². The van der Waals surface area contributed by atoms with Crippen LogP contribution in [0.15, 0.2) is 94.7 Å². The van der Waals surface area contributed by atoms with Crippen LogP contribution in [0.4, 0.5) is 0 Å². The molecule has 0 amide bonds. The van der Waals surface area contributed by atoms with Crippen LogP contribution in [0.2, 0.25) is 0 Å². The van der Waals surface area contributed by atoms with Crippen LogP contribution in [0.5, 0.6) is 0 Å². The average molecular weight is 443 g/mol. The van der Waals surface area contributed by atoms with Crippen LogP contribution < -0.4 is 4.72 Å². The molecule has 30 heavy (non-hydrogen) atoms. The number of fused-ring (bicyclic) bond motifs is 1. The van der Waals surface area contributed by atoms with Crippen molar-refractivity contribution in [3.63, 3.8) is 0 Å². The molecule has 0 aliphatic carbocycles. The van der Waals surface area contributed by atoms with Crippen molar-refractivity contribution >= 4 is 20.0 Å². The predicted octanol–water partition coefficient (Wildman–Crippen LogP) is 2.95. The second-order valence-corrected chi connectivity index (χ2v) is 10.7. The summed E-state index contributed by atoms with van der Waals surface area (Å²) < 4.78 is 56.2. The molecule has 1 aliphatic rings.